The van der Waals surface area contributed by atoms with Gasteiger partial charge < -0.3 is 14.7 Å². The maximum absolute atomic E-state index is 14.0. The second-order valence-corrected chi connectivity index (χ2v) is 14.8. The molecule has 0 unspecified atom stereocenters. The summed E-state index contributed by atoms with van der Waals surface area (Å²) in [6.07, 6.45) is -0.0418. The molecule has 0 saturated carbocycles. The molecule has 1 amide bonds. The van der Waals surface area contributed by atoms with Crippen molar-refractivity contribution in [3.8, 4) is 0 Å². The van der Waals surface area contributed by atoms with Gasteiger partial charge in [-0.2, -0.15) is 4.31 Å². The molecule has 0 aliphatic carbocycles. The highest BCUT2D eigenvalue weighted by Crippen LogP contribution is 2.28. The minimum absolute atomic E-state index is 0.0183. The third kappa shape index (κ3) is 11.4. The van der Waals surface area contributed by atoms with E-state index in [2.05, 4.69) is 4.90 Å². The number of aliphatic hydroxyl groups excluding tert-OH is 1. The molecular formula is C37H45N5O7S. The van der Waals surface area contributed by atoms with Crippen LogP contribution in [0.25, 0.3) is 0 Å². The largest absolute Gasteiger partial charge is 0.444 e. The number of pyridine rings is 1. The Morgan fingerprint density at radius 3 is 1.96 bits per heavy atom. The van der Waals surface area contributed by atoms with Gasteiger partial charge >= 0.3 is 6.09 Å². The van der Waals surface area contributed by atoms with Gasteiger partial charge in [-0.1, -0.05) is 78.9 Å². The van der Waals surface area contributed by atoms with Gasteiger partial charge in [-0.15, -0.1) is 0 Å². The molecule has 0 bridgehead atoms. The molecule has 0 aliphatic rings. The number of para-hydroxylation sites is 1. The van der Waals surface area contributed by atoms with E-state index in [1.54, 1.807) is 35.2 Å². The quantitative estimate of drug-likeness (QED) is 0.103. The first-order chi connectivity index (χ1) is 23.9. The van der Waals surface area contributed by atoms with Crippen LogP contribution in [0, 0.1) is 10.1 Å². The van der Waals surface area contributed by atoms with E-state index < -0.39 is 32.3 Å². The van der Waals surface area contributed by atoms with E-state index in [0.29, 0.717) is 50.5 Å². The Morgan fingerprint density at radius 1 is 0.780 bits per heavy atom. The highest BCUT2D eigenvalue weighted by Gasteiger charge is 2.32. The third-order valence-corrected chi connectivity index (χ3v) is 9.48. The van der Waals surface area contributed by atoms with Gasteiger partial charge in [-0.05, 0) is 56.5 Å². The Bertz CT molecular complexity index is 1800. The third-order valence-electron chi connectivity index (χ3n) is 7.64. The van der Waals surface area contributed by atoms with Crippen LogP contribution in [0.15, 0.2) is 108 Å². The summed E-state index contributed by atoms with van der Waals surface area (Å²) in [5, 5.41) is 21.2. The number of amides is 1. The van der Waals surface area contributed by atoms with Crippen LogP contribution < -0.4 is 0 Å². The molecule has 4 aromatic rings. The van der Waals surface area contributed by atoms with Crippen LogP contribution in [0.3, 0.4) is 0 Å². The first-order valence-corrected chi connectivity index (χ1v) is 17.9. The van der Waals surface area contributed by atoms with E-state index in [0.717, 1.165) is 11.1 Å². The van der Waals surface area contributed by atoms with E-state index in [4.69, 9.17) is 9.72 Å². The van der Waals surface area contributed by atoms with Crippen molar-refractivity contribution in [1.82, 2.24) is 19.1 Å². The molecule has 50 heavy (non-hydrogen) atoms. The SMILES string of the molecule is CC(C)(C)OC(=O)N(CCCO)CCN(Cc1ccccc1)Cc1cccc(CN(Cc2ccccc2)S(=O)(=O)c2ccccc2[N+](=O)[O-])n1. The lowest BCUT2D eigenvalue weighted by molar-refractivity contribution is -0.387. The molecule has 3 aromatic carbocycles. The molecule has 0 saturated heterocycles. The normalized spacial score (nSPS) is 11.9. The average molecular weight is 704 g/mol. The molecule has 266 valence electrons. The number of ether oxygens (including phenoxy) is 1. The van der Waals surface area contributed by atoms with Gasteiger partial charge in [0.1, 0.15) is 5.60 Å². The van der Waals surface area contributed by atoms with Gasteiger partial charge in [0.2, 0.25) is 0 Å². The number of sulfonamides is 1. The van der Waals surface area contributed by atoms with Gasteiger partial charge in [0, 0.05) is 51.9 Å². The average Bonchev–Trinajstić information content (AvgIpc) is 3.08. The van der Waals surface area contributed by atoms with Crippen molar-refractivity contribution < 1.29 is 28.0 Å². The van der Waals surface area contributed by atoms with E-state index >= 15 is 0 Å². The van der Waals surface area contributed by atoms with Crippen molar-refractivity contribution in [1.29, 1.82) is 0 Å². The molecule has 4 rings (SSSR count). The molecule has 1 N–H and O–H groups in total. The minimum atomic E-state index is -4.32. The zero-order chi connectivity index (χ0) is 36.1. The number of aromatic nitrogens is 1. The van der Waals surface area contributed by atoms with Gasteiger partial charge in [0.25, 0.3) is 15.7 Å². The first kappa shape index (κ1) is 38.1. The summed E-state index contributed by atoms with van der Waals surface area (Å²) in [4.78, 5) is 32.3. The standard InChI is InChI=1S/C37H45N5O7S/c1-37(2,3)49-36(44)40(22-13-25-43)24-23-39(26-30-14-6-4-7-15-30)28-32-18-12-19-33(38-32)29-41(27-31-16-8-5-9-17-31)50(47,48)35-21-11-10-20-34(35)42(45)46/h4-12,14-21,43H,13,22-29H2,1-3H3. The summed E-state index contributed by atoms with van der Waals surface area (Å²) in [7, 11) is -4.32. The predicted octanol–water partition coefficient (Wildman–Crippen LogP) is 6.00. The fourth-order valence-electron chi connectivity index (χ4n) is 5.29. The number of carbonyl (C=O) groups excluding carboxylic acids is 1. The van der Waals surface area contributed by atoms with Gasteiger partial charge in [0.15, 0.2) is 4.90 Å². The highest BCUT2D eigenvalue weighted by atomic mass is 32.2. The second-order valence-electron chi connectivity index (χ2n) is 12.8. The minimum Gasteiger partial charge on any atom is -0.444 e. The maximum Gasteiger partial charge on any atom is 0.410 e. The van der Waals surface area contributed by atoms with E-state index in [-0.39, 0.29) is 24.6 Å². The van der Waals surface area contributed by atoms with Crippen LogP contribution in [0.1, 0.15) is 49.7 Å². The fraction of sp³-hybridized carbons (Fsp3) is 0.351. The molecule has 0 aliphatic heterocycles. The summed E-state index contributed by atoms with van der Waals surface area (Å²) in [5.41, 5.74) is 1.76. The van der Waals surface area contributed by atoms with Crippen LogP contribution in [-0.2, 0) is 40.9 Å². The number of hydrogen-bond donors (Lipinski definition) is 1. The lowest BCUT2D eigenvalue weighted by atomic mass is 10.2. The van der Waals surface area contributed by atoms with Crippen LogP contribution in [0.5, 0.6) is 0 Å². The number of nitrogens with zero attached hydrogens (tertiary/aromatic N) is 5. The van der Waals surface area contributed by atoms with Crippen molar-refractivity contribution in [2.24, 2.45) is 0 Å². The fourth-order valence-corrected chi connectivity index (χ4v) is 6.85. The summed E-state index contributed by atoms with van der Waals surface area (Å²) in [6.45, 7) is 7.33. The Morgan fingerprint density at radius 2 is 1.36 bits per heavy atom. The van der Waals surface area contributed by atoms with Crippen LogP contribution in [0.4, 0.5) is 10.5 Å². The molecular weight excluding hydrogens is 659 g/mol. The van der Waals surface area contributed by atoms with Crippen LogP contribution in [-0.4, -0.2) is 75.5 Å². The van der Waals surface area contributed by atoms with Crippen molar-refractivity contribution in [3.63, 3.8) is 0 Å². The van der Waals surface area contributed by atoms with Crippen molar-refractivity contribution in [2.45, 2.75) is 63.9 Å². The molecule has 1 heterocycles. The highest BCUT2D eigenvalue weighted by molar-refractivity contribution is 7.89. The number of benzene rings is 3. The van der Waals surface area contributed by atoms with E-state index in [1.807, 2.05) is 69.3 Å². The summed E-state index contributed by atoms with van der Waals surface area (Å²) < 4.78 is 34.9. The topological polar surface area (TPSA) is 146 Å². The maximum atomic E-state index is 14.0. The number of aliphatic hydroxyl groups is 1. The summed E-state index contributed by atoms with van der Waals surface area (Å²) >= 11 is 0. The van der Waals surface area contributed by atoms with E-state index in [1.165, 1.54) is 28.6 Å². The summed E-state index contributed by atoms with van der Waals surface area (Å²) in [5.74, 6) is 0. The zero-order valence-corrected chi connectivity index (χ0v) is 29.5. The zero-order valence-electron chi connectivity index (χ0n) is 28.7. The number of carbonyl (C=O) groups is 1. The molecule has 0 radical (unpaired) electrons. The Labute approximate surface area is 294 Å². The molecule has 12 nitrogen and oxygen atoms in total. The van der Waals surface area contributed by atoms with E-state index in [9.17, 15) is 28.4 Å². The molecule has 0 spiro atoms. The molecule has 13 heteroatoms. The number of rotatable bonds is 17. The van der Waals surface area contributed by atoms with Crippen LogP contribution in [0.2, 0.25) is 0 Å². The number of hydrogen-bond acceptors (Lipinski definition) is 9. The van der Waals surface area contributed by atoms with Gasteiger partial charge in [-0.3, -0.25) is 20.0 Å². The number of nitro groups is 1. The monoisotopic (exact) mass is 703 g/mol. The number of nitro benzene ring substituents is 1. The van der Waals surface area contributed by atoms with Crippen LogP contribution >= 0.6 is 0 Å². The smallest absolute Gasteiger partial charge is 0.410 e. The molecule has 0 atom stereocenters. The van der Waals surface area contributed by atoms with Crippen molar-refractivity contribution >= 4 is 21.8 Å². The lowest BCUT2D eigenvalue weighted by Gasteiger charge is -2.30. The Kier molecular flexibility index (Phi) is 13.6. The predicted molar refractivity (Wildman–Crippen MR) is 190 cm³/mol. The summed E-state index contributed by atoms with van der Waals surface area (Å²) in [6, 6.07) is 29.7. The Hall–Kier alpha value is -4.69. The van der Waals surface area contributed by atoms with Gasteiger partial charge in [0.05, 0.1) is 22.9 Å². The van der Waals surface area contributed by atoms with Gasteiger partial charge in [-0.25, -0.2) is 13.2 Å². The lowest BCUT2D eigenvalue weighted by Crippen LogP contribution is -2.42. The first-order valence-electron chi connectivity index (χ1n) is 16.4. The Balaban J connectivity index is 1.61. The molecule has 1 aromatic heterocycles. The van der Waals surface area contributed by atoms with Crippen molar-refractivity contribution in [3.05, 3.63) is 136 Å². The van der Waals surface area contributed by atoms with Crippen molar-refractivity contribution in [2.75, 3.05) is 26.2 Å². The molecule has 0 fully saturated rings. The second kappa shape index (κ2) is 17.8.